The fourth-order valence-electron chi connectivity index (χ4n) is 4.35. The molecule has 0 aliphatic carbocycles. The Hall–Kier alpha value is -4.59. The van der Waals surface area contributed by atoms with Crippen LogP contribution in [0.5, 0.6) is 11.5 Å². The van der Waals surface area contributed by atoms with E-state index in [-0.39, 0.29) is 18.0 Å². The summed E-state index contributed by atoms with van der Waals surface area (Å²) in [5.41, 5.74) is 2.20. The highest BCUT2D eigenvalue weighted by Gasteiger charge is 2.17. The number of hydrogen-bond acceptors (Lipinski definition) is 6. The summed E-state index contributed by atoms with van der Waals surface area (Å²) in [6.45, 7) is 0.213. The van der Waals surface area contributed by atoms with Crippen LogP contribution < -0.4 is 15.0 Å². The van der Waals surface area contributed by atoms with Crippen LogP contribution >= 0.6 is 23.2 Å². The molecule has 0 spiro atoms. The lowest BCUT2D eigenvalue weighted by atomic mass is 10.2. The van der Waals surface area contributed by atoms with Gasteiger partial charge in [0.05, 0.1) is 24.2 Å². The molecule has 198 valence electrons. The number of halogens is 2. The first kappa shape index (κ1) is 25.7. The van der Waals surface area contributed by atoms with Gasteiger partial charge in [0.1, 0.15) is 12.2 Å². The minimum absolute atomic E-state index is 0.213. The van der Waals surface area contributed by atoms with Gasteiger partial charge in [0.15, 0.2) is 17.3 Å². The molecule has 4 aromatic carbocycles. The van der Waals surface area contributed by atoms with Crippen molar-refractivity contribution in [2.75, 3.05) is 7.11 Å². The minimum Gasteiger partial charge on any atom is -0.493 e. The molecule has 0 bridgehead atoms. The van der Waals surface area contributed by atoms with Crippen LogP contribution in [0, 0.1) is 0 Å². The predicted molar refractivity (Wildman–Crippen MR) is 158 cm³/mol. The molecule has 6 rings (SSSR count). The summed E-state index contributed by atoms with van der Waals surface area (Å²) >= 11 is 12.5. The van der Waals surface area contributed by atoms with Crippen LogP contribution in [-0.2, 0) is 6.61 Å². The lowest BCUT2D eigenvalue weighted by Gasteiger charge is -2.14. The van der Waals surface area contributed by atoms with Gasteiger partial charge >= 0.3 is 0 Å². The molecule has 7 nitrogen and oxygen atoms in total. The highest BCUT2D eigenvalue weighted by Crippen LogP contribution is 2.32. The first-order chi connectivity index (χ1) is 19.5. The zero-order chi connectivity index (χ0) is 27.6. The molecule has 0 saturated carbocycles. The van der Waals surface area contributed by atoms with Crippen LogP contribution in [0.4, 0.5) is 0 Å². The lowest BCUT2D eigenvalue weighted by molar-refractivity contribution is 0.284. The maximum atomic E-state index is 13.6. The Balaban J connectivity index is 1.46. The van der Waals surface area contributed by atoms with Gasteiger partial charge in [-0.05, 0) is 54.6 Å². The minimum atomic E-state index is -0.350. The fourth-order valence-corrected chi connectivity index (χ4v) is 4.72. The lowest BCUT2D eigenvalue weighted by Crippen LogP contribution is -2.20. The maximum Gasteiger partial charge on any atom is 0.282 e. The second kappa shape index (κ2) is 10.9. The average molecular weight is 570 g/mol. The van der Waals surface area contributed by atoms with Crippen LogP contribution in [0.25, 0.3) is 33.5 Å². The standard InChI is InChI=1S/C31H21Cl2N3O4/c1-38-27-12-6-8-19(29(27)39-18-20-7-2-4-10-24(20)33)17-34-36-30(35-25-11-5-3-9-23(25)31(36)37)28-16-21-15-22(32)13-14-26(21)40-28/h2-17H,18H2,1H3. The van der Waals surface area contributed by atoms with E-state index in [0.717, 1.165) is 10.9 Å². The zero-order valence-corrected chi connectivity index (χ0v) is 22.7. The van der Waals surface area contributed by atoms with Gasteiger partial charge in [-0.15, -0.1) is 0 Å². The van der Waals surface area contributed by atoms with Crippen LogP contribution in [0.1, 0.15) is 11.1 Å². The highest BCUT2D eigenvalue weighted by atomic mass is 35.5. The van der Waals surface area contributed by atoms with Crippen molar-refractivity contribution in [3.05, 3.63) is 123 Å². The van der Waals surface area contributed by atoms with Gasteiger partial charge in [0.25, 0.3) is 5.56 Å². The second-order valence-electron chi connectivity index (χ2n) is 8.87. The molecule has 0 aliphatic heterocycles. The molecule has 0 unspecified atom stereocenters. The molecule has 0 fully saturated rings. The molecular weight excluding hydrogens is 549 g/mol. The summed E-state index contributed by atoms with van der Waals surface area (Å²) in [5.74, 6) is 1.58. The molecule has 40 heavy (non-hydrogen) atoms. The molecule has 2 heterocycles. The Morgan fingerprint density at radius 3 is 2.65 bits per heavy atom. The molecule has 0 saturated heterocycles. The highest BCUT2D eigenvalue weighted by molar-refractivity contribution is 6.31. The third-order valence-corrected chi connectivity index (χ3v) is 6.93. The maximum absolute atomic E-state index is 13.6. The largest absolute Gasteiger partial charge is 0.493 e. The smallest absolute Gasteiger partial charge is 0.282 e. The Kier molecular flexibility index (Phi) is 6.99. The van der Waals surface area contributed by atoms with Gasteiger partial charge < -0.3 is 13.9 Å². The van der Waals surface area contributed by atoms with Crippen LogP contribution in [0.15, 0.2) is 105 Å². The Morgan fingerprint density at radius 2 is 1.80 bits per heavy atom. The Morgan fingerprint density at radius 1 is 0.975 bits per heavy atom. The number of ether oxygens (including phenoxy) is 2. The number of methoxy groups -OCH3 is 1. The van der Waals surface area contributed by atoms with E-state index in [2.05, 4.69) is 5.10 Å². The second-order valence-corrected chi connectivity index (χ2v) is 9.71. The fraction of sp³-hybridized carbons (Fsp3) is 0.0645. The van der Waals surface area contributed by atoms with Crippen molar-refractivity contribution in [2.24, 2.45) is 5.10 Å². The van der Waals surface area contributed by atoms with Crippen LogP contribution in [-0.4, -0.2) is 23.0 Å². The van der Waals surface area contributed by atoms with E-state index in [0.29, 0.717) is 49.4 Å². The molecule has 2 aromatic heterocycles. The predicted octanol–water partition coefficient (Wildman–Crippen LogP) is 7.59. The van der Waals surface area contributed by atoms with E-state index >= 15 is 0 Å². The molecule has 0 radical (unpaired) electrons. The van der Waals surface area contributed by atoms with Crippen molar-refractivity contribution in [3.8, 4) is 23.1 Å². The van der Waals surface area contributed by atoms with Crippen molar-refractivity contribution in [1.29, 1.82) is 0 Å². The molecular formula is C31H21Cl2N3O4. The van der Waals surface area contributed by atoms with Gasteiger partial charge in [0.2, 0.25) is 5.82 Å². The van der Waals surface area contributed by atoms with Crippen molar-refractivity contribution < 1.29 is 13.9 Å². The summed E-state index contributed by atoms with van der Waals surface area (Å²) < 4.78 is 19.0. The molecule has 0 amide bonds. The van der Waals surface area contributed by atoms with E-state index in [1.54, 1.807) is 61.7 Å². The molecule has 9 heteroatoms. The van der Waals surface area contributed by atoms with Crippen molar-refractivity contribution >= 4 is 51.3 Å². The van der Waals surface area contributed by atoms with E-state index in [1.165, 1.54) is 10.9 Å². The van der Waals surface area contributed by atoms with Gasteiger partial charge in [-0.3, -0.25) is 4.79 Å². The number of rotatable bonds is 7. The van der Waals surface area contributed by atoms with Gasteiger partial charge in [-0.25, -0.2) is 4.98 Å². The number of furan rings is 1. The SMILES string of the molecule is COc1cccc(C=Nn2c(-c3cc4cc(Cl)ccc4o3)nc3ccccc3c2=O)c1OCc1ccccc1Cl. The quantitative estimate of drug-likeness (QED) is 0.185. The van der Waals surface area contributed by atoms with Gasteiger partial charge in [-0.2, -0.15) is 9.78 Å². The topological polar surface area (TPSA) is 78.9 Å². The zero-order valence-electron chi connectivity index (χ0n) is 21.2. The molecule has 0 aliphatic rings. The van der Waals surface area contributed by atoms with Crippen molar-refractivity contribution in [3.63, 3.8) is 0 Å². The Bertz CT molecular complexity index is 1960. The van der Waals surface area contributed by atoms with Crippen molar-refractivity contribution in [2.45, 2.75) is 6.61 Å². The van der Waals surface area contributed by atoms with Crippen LogP contribution in [0.3, 0.4) is 0 Å². The van der Waals surface area contributed by atoms with E-state index < -0.39 is 0 Å². The van der Waals surface area contributed by atoms with Crippen molar-refractivity contribution in [1.82, 2.24) is 9.66 Å². The Labute approximate surface area is 238 Å². The summed E-state index contributed by atoms with van der Waals surface area (Å²) in [7, 11) is 1.56. The first-order valence-corrected chi connectivity index (χ1v) is 13.1. The number of aromatic nitrogens is 2. The summed E-state index contributed by atoms with van der Waals surface area (Å²) in [6, 6.07) is 27.0. The van der Waals surface area contributed by atoms with E-state index in [9.17, 15) is 4.79 Å². The van der Waals surface area contributed by atoms with Gasteiger partial charge in [0, 0.05) is 26.6 Å². The number of hydrogen-bond donors (Lipinski definition) is 0. The van der Waals surface area contributed by atoms with E-state index in [1.807, 2.05) is 36.4 Å². The summed E-state index contributed by atoms with van der Waals surface area (Å²) in [6.07, 6.45) is 1.53. The summed E-state index contributed by atoms with van der Waals surface area (Å²) in [5, 5.41) is 6.94. The monoisotopic (exact) mass is 569 g/mol. The first-order valence-electron chi connectivity index (χ1n) is 12.3. The number of benzene rings is 4. The molecule has 0 N–H and O–H groups in total. The average Bonchev–Trinajstić information content (AvgIpc) is 3.39. The number of para-hydroxylation sites is 2. The van der Waals surface area contributed by atoms with E-state index in [4.69, 9.17) is 42.1 Å². The number of nitrogens with zero attached hydrogens (tertiary/aromatic N) is 3. The number of fused-ring (bicyclic) bond motifs is 2. The molecule has 0 atom stereocenters. The van der Waals surface area contributed by atoms with Crippen LogP contribution in [0.2, 0.25) is 10.0 Å². The third-order valence-electron chi connectivity index (χ3n) is 6.32. The molecule has 6 aromatic rings. The third kappa shape index (κ3) is 4.93. The van der Waals surface area contributed by atoms with Gasteiger partial charge in [-0.1, -0.05) is 59.6 Å². The summed E-state index contributed by atoms with van der Waals surface area (Å²) in [4.78, 5) is 18.4. The normalized spacial score (nSPS) is 11.5.